The first kappa shape index (κ1) is 16.2. The predicted molar refractivity (Wildman–Crippen MR) is 87.6 cm³/mol. The third kappa shape index (κ3) is 6.20. The summed E-state index contributed by atoms with van der Waals surface area (Å²) in [6.45, 7) is 3.28. The van der Waals surface area contributed by atoms with Crippen LogP contribution in [0.15, 0.2) is 18.2 Å². The molecule has 0 aliphatic rings. The summed E-state index contributed by atoms with van der Waals surface area (Å²) in [6.07, 6.45) is 7.97. The summed E-state index contributed by atoms with van der Waals surface area (Å²) >= 11 is 6.24. The van der Waals surface area contributed by atoms with Gasteiger partial charge in [0.15, 0.2) is 0 Å². The van der Waals surface area contributed by atoms with Crippen LogP contribution in [0.1, 0.15) is 45.4 Å². The maximum absolute atomic E-state index is 6.24. The van der Waals surface area contributed by atoms with Gasteiger partial charge in [-0.15, -0.1) is 0 Å². The Labute approximate surface area is 123 Å². The van der Waals surface area contributed by atoms with Crippen molar-refractivity contribution in [1.82, 2.24) is 0 Å². The molecule has 1 aromatic carbocycles. The third-order valence-corrected chi connectivity index (χ3v) is 3.59. The van der Waals surface area contributed by atoms with Crippen LogP contribution in [0.3, 0.4) is 0 Å². The van der Waals surface area contributed by atoms with E-state index in [2.05, 4.69) is 24.4 Å². The third-order valence-electron chi connectivity index (χ3n) is 3.29. The highest BCUT2D eigenvalue weighted by molar-refractivity contribution is 6.33. The van der Waals surface area contributed by atoms with E-state index in [1.807, 2.05) is 25.1 Å². The van der Waals surface area contributed by atoms with Gasteiger partial charge in [0.25, 0.3) is 0 Å². The molecule has 1 aromatic rings. The Kier molecular flexibility index (Phi) is 7.73. The molecule has 0 spiro atoms. The molecule has 0 unspecified atom stereocenters. The fraction of sp³-hybridized carbons (Fsp3) is 0.625. The van der Waals surface area contributed by atoms with Gasteiger partial charge in [-0.05, 0) is 24.6 Å². The van der Waals surface area contributed by atoms with E-state index in [-0.39, 0.29) is 0 Å². The molecule has 19 heavy (non-hydrogen) atoms. The number of halogens is 1. The SMILES string of the molecule is CCCCCCCCNc1ccc(N(C)C)c(Cl)c1. The number of nitrogens with zero attached hydrogens (tertiary/aromatic N) is 1. The second-order valence-electron chi connectivity index (χ2n) is 5.26. The van der Waals surface area contributed by atoms with E-state index in [9.17, 15) is 0 Å². The molecular formula is C16H27ClN2. The minimum Gasteiger partial charge on any atom is -0.385 e. The summed E-state index contributed by atoms with van der Waals surface area (Å²) in [5.74, 6) is 0. The lowest BCUT2D eigenvalue weighted by Gasteiger charge is -2.15. The second-order valence-corrected chi connectivity index (χ2v) is 5.66. The van der Waals surface area contributed by atoms with E-state index in [0.717, 1.165) is 22.9 Å². The molecule has 0 atom stereocenters. The number of hydrogen-bond donors (Lipinski definition) is 1. The van der Waals surface area contributed by atoms with Gasteiger partial charge in [-0.2, -0.15) is 0 Å². The van der Waals surface area contributed by atoms with Crippen molar-refractivity contribution in [2.75, 3.05) is 30.9 Å². The number of hydrogen-bond acceptors (Lipinski definition) is 2. The summed E-state index contributed by atoms with van der Waals surface area (Å²) in [5.41, 5.74) is 2.18. The van der Waals surface area contributed by atoms with Crippen LogP contribution in [0, 0.1) is 0 Å². The Morgan fingerprint density at radius 3 is 2.37 bits per heavy atom. The molecule has 0 aliphatic heterocycles. The van der Waals surface area contributed by atoms with Crippen molar-refractivity contribution in [2.24, 2.45) is 0 Å². The number of rotatable bonds is 9. The molecule has 0 aliphatic carbocycles. The van der Waals surface area contributed by atoms with Crippen molar-refractivity contribution in [2.45, 2.75) is 45.4 Å². The Hall–Kier alpha value is -0.890. The van der Waals surface area contributed by atoms with Gasteiger partial charge in [0.05, 0.1) is 10.7 Å². The van der Waals surface area contributed by atoms with Gasteiger partial charge in [0.2, 0.25) is 0 Å². The molecule has 0 aromatic heterocycles. The lowest BCUT2D eigenvalue weighted by Crippen LogP contribution is -2.09. The quantitative estimate of drug-likeness (QED) is 0.628. The molecule has 0 bridgehead atoms. The highest BCUT2D eigenvalue weighted by Gasteiger charge is 2.03. The van der Waals surface area contributed by atoms with Crippen LogP contribution in [-0.4, -0.2) is 20.6 Å². The zero-order chi connectivity index (χ0) is 14.1. The monoisotopic (exact) mass is 282 g/mol. The first-order chi connectivity index (χ1) is 9.15. The summed E-state index contributed by atoms with van der Waals surface area (Å²) < 4.78 is 0. The summed E-state index contributed by atoms with van der Waals surface area (Å²) in [5, 5.41) is 4.24. The van der Waals surface area contributed by atoms with Gasteiger partial charge in [0, 0.05) is 26.3 Å². The average molecular weight is 283 g/mol. The largest absolute Gasteiger partial charge is 0.385 e. The van der Waals surface area contributed by atoms with Crippen molar-refractivity contribution in [1.29, 1.82) is 0 Å². The van der Waals surface area contributed by atoms with Crippen molar-refractivity contribution in [3.8, 4) is 0 Å². The molecule has 0 amide bonds. The van der Waals surface area contributed by atoms with Crippen LogP contribution in [0.2, 0.25) is 5.02 Å². The molecule has 108 valence electrons. The number of nitrogens with one attached hydrogen (secondary N) is 1. The van der Waals surface area contributed by atoms with Gasteiger partial charge >= 0.3 is 0 Å². The zero-order valence-electron chi connectivity index (χ0n) is 12.5. The van der Waals surface area contributed by atoms with Crippen LogP contribution in [0.25, 0.3) is 0 Å². The summed E-state index contributed by atoms with van der Waals surface area (Å²) in [4.78, 5) is 2.03. The topological polar surface area (TPSA) is 15.3 Å². The van der Waals surface area contributed by atoms with E-state index in [0.29, 0.717) is 0 Å². The van der Waals surface area contributed by atoms with Gasteiger partial charge in [0.1, 0.15) is 0 Å². The van der Waals surface area contributed by atoms with Gasteiger partial charge in [-0.1, -0.05) is 50.6 Å². The molecule has 1 rings (SSSR count). The molecule has 2 nitrogen and oxygen atoms in total. The van der Waals surface area contributed by atoms with E-state index >= 15 is 0 Å². The smallest absolute Gasteiger partial charge is 0.0659 e. The van der Waals surface area contributed by atoms with E-state index < -0.39 is 0 Å². The molecule has 0 saturated carbocycles. The van der Waals surface area contributed by atoms with Crippen molar-refractivity contribution < 1.29 is 0 Å². The fourth-order valence-corrected chi connectivity index (χ4v) is 2.47. The average Bonchev–Trinajstić information content (AvgIpc) is 2.37. The van der Waals surface area contributed by atoms with Crippen LogP contribution < -0.4 is 10.2 Å². The summed E-state index contributed by atoms with van der Waals surface area (Å²) in [6, 6.07) is 6.16. The van der Waals surface area contributed by atoms with Crippen LogP contribution in [-0.2, 0) is 0 Å². The van der Waals surface area contributed by atoms with Crippen molar-refractivity contribution >= 4 is 23.0 Å². The maximum atomic E-state index is 6.24. The molecule has 0 radical (unpaired) electrons. The maximum Gasteiger partial charge on any atom is 0.0659 e. The fourth-order valence-electron chi connectivity index (χ4n) is 2.12. The van der Waals surface area contributed by atoms with E-state index in [1.54, 1.807) is 0 Å². The zero-order valence-corrected chi connectivity index (χ0v) is 13.3. The molecular weight excluding hydrogens is 256 g/mol. The molecule has 3 heteroatoms. The Bertz CT molecular complexity index is 364. The first-order valence-corrected chi connectivity index (χ1v) is 7.73. The van der Waals surface area contributed by atoms with Gasteiger partial charge in [-0.25, -0.2) is 0 Å². The number of benzene rings is 1. The van der Waals surface area contributed by atoms with E-state index in [1.165, 1.54) is 38.5 Å². The van der Waals surface area contributed by atoms with Crippen LogP contribution in [0.4, 0.5) is 11.4 Å². The second kappa shape index (κ2) is 9.08. The molecule has 0 saturated heterocycles. The lowest BCUT2D eigenvalue weighted by molar-refractivity contribution is 0.617. The van der Waals surface area contributed by atoms with Crippen LogP contribution >= 0.6 is 11.6 Å². The van der Waals surface area contributed by atoms with Crippen LogP contribution in [0.5, 0.6) is 0 Å². The minimum atomic E-state index is 0.804. The molecule has 1 N–H and O–H groups in total. The normalized spacial score (nSPS) is 10.5. The van der Waals surface area contributed by atoms with Crippen molar-refractivity contribution in [3.63, 3.8) is 0 Å². The Balaban J connectivity index is 2.25. The minimum absolute atomic E-state index is 0.804. The Morgan fingerprint density at radius 1 is 1.05 bits per heavy atom. The lowest BCUT2D eigenvalue weighted by atomic mass is 10.1. The number of anilines is 2. The number of unbranched alkanes of at least 4 members (excludes halogenated alkanes) is 5. The molecule has 0 heterocycles. The van der Waals surface area contributed by atoms with Gasteiger partial charge in [-0.3, -0.25) is 0 Å². The van der Waals surface area contributed by atoms with E-state index in [4.69, 9.17) is 11.6 Å². The van der Waals surface area contributed by atoms with Crippen molar-refractivity contribution in [3.05, 3.63) is 23.2 Å². The molecule has 0 fully saturated rings. The Morgan fingerprint density at radius 2 is 1.74 bits per heavy atom. The predicted octanol–water partition coefficient (Wildman–Crippen LogP) is 5.18. The van der Waals surface area contributed by atoms with Gasteiger partial charge < -0.3 is 10.2 Å². The highest BCUT2D eigenvalue weighted by atomic mass is 35.5. The first-order valence-electron chi connectivity index (χ1n) is 7.36. The summed E-state index contributed by atoms with van der Waals surface area (Å²) in [7, 11) is 4.01. The highest BCUT2D eigenvalue weighted by Crippen LogP contribution is 2.27. The standard InChI is InChI=1S/C16H27ClN2/c1-4-5-6-7-8-9-12-18-14-10-11-16(19(2)3)15(17)13-14/h10-11,13,18H,4-9,12H2,1-3H3.